The third-order valence-corrected chi connectivity index (χ3v) is 21.6. The molecule has 2 aromatic heterocycles. The van der Waals surface area contributed by atoms with Crippen molar-refractivity contribution in [2.45, 2.75) is 128 Å². The number of methoxy groups -OCH3 is 2. The Labute approximate surface area is 545 Å². The van der Waals surface area contributed by atoms with E-state index in [1.165, 1.54) is 52.2 Å². The molecule has 5 amide bonds. The minimum atomic E-state index is -4.01. The standard InChI is InChI=1S/C36H45N5O7S.C33H41N5O5S/c1-36(2,3)48-35(44)37-26-20-40(21-26)34(43)25-16-24-17-27(47-6)13-15-28(24)32-31(22-10-8-7-9-11-22)29-14-12-23(18-30(29)41(32)19-25)33(42)38-49(45,46)39(4)5;1-35(2)25-19-37(20-25)33(40)24-15-23-16-26(43-5)12-14-27(23)31-30(21-9-7-6-8-10-21)28-13-11-22(17-29(28)38(31)18-24)32(39)34-44(41,42)36(3)4/h12-18,22,26H,7-11,19-21H2,1-6H3,(H,37,44)(H,38,42);11-17,21,25H,6-10,18-20H2,1-5H3,(H,34,39). The number of rotatable bonds is 14. The molecule has 0 radical (unpaired) electrons. The minimum Gasteiger partial charge on any atom is -0.497 e. The molecule has 4 fully saturated rings. The lowest BCUT2D eigenvalue weighted by molar-refractivity contribution is -0.134. The number of alkyl carbamates (subject to hydrolysis) is 1. The second-order valence-corrected chi connectivity index (χ2v) is 30.7. The number of likely N-dealkylation sites (N-methyl/N-ethyl adjacent to an activating group) is 1. The number of amides is 5. The summed E-state index contributed by atoms with van der Waals surface area (Å²) in [6, 6.07) is 22.7. The van der Waals surface area contributed by atoms with Gasteiger partial charge >= 0.3 is 26.5 Å². The van der Waals surface area contributed by atoms with Crippen molar-refractivity contribution >= 4 is 84.1 Å². The van der Waals surface area contributed by atoms with Crippen LogP contribution in [0, 0.1) is 0 Å². The SMILES string of the molecule is COc1ccc2c(c1)C=C(C(=O)N1CC(N(C)C)C1)Cn1c-2c(C2CCCCC2)c2ccc(C(=O)NS(=O)(=O)N(C)C)cc21.COc1ccc2c(c1)C=C(C(=O)N1CC(NC(=O)OC(C)(C)C)C1)Cn1c-2c(C2CCCCC2)c2ccc(C(=O)NS(=O)(=O)N(C)C)cc21. The maximum atomic E-state index is 14.1. The normalized spacial score (nSPS) is 17.3. The number of nitrogens with one attached hydrogen (secondary N) is 3. The maximum Gasteiger partial charge on any atom is 0.407 e. The van der Waals surface area contributed by atoms with Crippen molar-refractivity contribution in [1.82, 2.24) is 47.2 Å². The highest BCUT2D eigenvalue weighted by molar-refractivity contribution is 7.88. The third-order valence-electron chi connectivity index (χ3n) is 18.8. The van der Waals surface area contributed by atoms with E-state index in [9.17, 15) is 40.8 Å². The molecule has 0 unspecified atom stereocenters. The number of benzene rings is 4. The number of aromatic nitrogens is 2. The molecule has 6 aliphatic rings. The van der Waals surface area contributed by atoms with Gasteiger partial charge in [-0.05, 0) is 167 Å². The number of nitrogens with zero attached hydrogens (tertiary/aromatic N) is 7. The van der Waals surface area contributed by atoms with Crippen molar-refractivity contribution in [2.24, 2.45) is 0 Å². The fraction of sp³-hybridized carbons (Fsp3) is 0.464. The van der Waals surface area contributed by atoms with Crippen LogP contribution in [0.2, 0.25) is 0 Å². The monoisotopic (exact) mass is 1310 g/mol. The Morgan fingerprint density at radius 1 is 0.538 bits per heavy atom. The van der Waals surface area contributed by atoms with Gasteiger partial charge in [0.2, 0.25) is 0 Å². The number of ether oxygens (including phenoxy) is 3. The number of hydrogen-bond donors (Lipinski definition) is 3. The lowest BCUT2D eigenvalue weighted by Crippen LogP contribution is -2.61. The summed E-state index contributed by atoms with van der Waals surface area (Å²) in [5, 5.41) is 4.86. The zero-order valence-corrected chi connectivity index (χ0v) is 56.7. The number of fused-ring (bicyclic) bond motifs is 10. The van der Waals surface area contributed by atoms with E-state index in [-0.39, 0.29) is 41.4 Å². The molecule has 4 aliphatic heterocycles. The Morgan fingerprint density at radius 2 is 0.946 bits per heavy atom. The van der Waals surface area contributed by atoms with Gasteiger partial charge in [-0.25, -0.2) is 14.2 Å². The summed E-state index contributed by atoms with van der Waals surface area (Å²) in [4.78, 5) is 72.7. The van der Waals surface area contributed by atoms with Gasteiger partial charge in [0.1, 0.15) is 17.1 Å². The largest absolute Gasteiger partial charge is 0.497 e. The molecule has 2 aliphatic carbocycles. The van der Waals surface area contributed by atoms with Crippen molar-refractivity contribution in [3.63, 3.8) is 0 Å². The fourth-order valence-electron chi connectivity index (χ4n) is 13.7. The van der Waals surface area contributed by atoms with Crippen LogP contribution in [0.4, 0.5) is 4.79 Å². The van der Waals surface area contributed by atoms with Crippen molar-refractivity contribution in [2.75, 3.05) is 82.7 Å². The Bertz CT molecular complexity index is 4250. The first-order valence-corrected chi connectivity index (χ1v) is 34.9. The van der Waals surface area contributed by atoms with Crippen LogP contribution >= 0.6 is 0 Å². The molecule has 2 saturated carbocycles. The van der Waals surface area contributed by atoms with E-state index in [4.69, 9.17) is 14.2 Å². The lowest BCUT2D eigenvalue weighted by atomic mass is 9.81. The van der Waals surface area contributed by atoms with Crippen molar-refractivity contribution < 1.29 is 55.0 Å². The van der Waals surface area contributed by atoms with Gasteiger partial charge in [0.05, 0.1) is 44.7 Å². The van der Waals surface area contributed by atoms with E-state index < -0.39 is 43.9 Å². The molecular weight excluding hydrogens is 1220 g/mol. The first-order valence-electron chi connectivity index (χ1n) is 32.0. The molecule has 0 spiro atoms. The minimum absolute atomic E-state index is 0.00300. The quantitative estimate of drug-likeness (QED) is 0.0923. The number of likely N-dealkylation sites (tertiary alicyclic amines) is 2. The average Bonchev–Trinajstić information content (AvgIpc) is 1.58. The van der Waals surface area contributed by atoms with Gasteiger partial charge in [-0.2, -0.15) is 25.4 Å². The molecule has 4 aromatic carbocycles. The first kappa shape index (κ1) is 66.4. The van der Waals surface area contributed by atoms with Gasteiger partial charge in [-0.15, -0.1) is 0 Å². The lowest BCUT2D eigenvalue weighted by Gasteiger charge is -2.43. The van der Waals surface area contributed by atoms with E-state index >= 15 is 0 Å². The smallest absolute Gasteiger partial charge is 0.407 e. The number of carbonyl (C=O) groups is 5. The molecule has 93 heavy (non-hydrogen) atoms. The first-order chi connectivity index (χ1) is 44.1. The van der Waals surface area contributed by atoms with E-state index in [0.717, 1.165) is 115 Å². The molecule has 6 heterocycles. The molecule has 12 rings (SSSR count). The molecule has 0 bridgehead atoms. The summed E-state index contributed by atoms with van der Waals surface area (Å²) in [5.41, 5.74) is 10.8. The van der Waals surface area contributed by atoms with Crippen LogP contribution in [-0.2, 0) is 47.8 Å². The molecule has 496 valence electrons. The third kappa shape index (κ3) is 13.7. The molecule has 0 atom stereocenters. The molecule has 6 aromatic rings. The van der Waals surface area contributed by atoms with E-state index in [0.29, 0.717) is 67.3 Å². The summed E-state index contributed by atoms with van der Waals surface area (Å²) in [5.74, 6) is 0.401. The second kappa shape index (κ2) is 26.4. The van der Waals surface area contributed by atoms with Crippen LogP contribution in [0.5, 0.6) is 11.5 Å². The Kier molecular flexibility index (Phi) is 18.9. The Hall–Kier alpha value is -8.03. The van der Waals surface area contributed by atoms with Gasteiger partial charge in [-0.3, -0.25) is 19.2 Å². The van der Waals surface area contributed by atoms with Crippen LogP contribution in [0.1, 0.15) is 140 Å². The van der Waals surface area contributed by atoms with Gasteiger partial charge in [0.25, 0.3) is 23.6 Å². The van der Waals surface area contributed by atoms with Crippen LogP contribution < -0.4 is 24.2 Å². The summed E-state index contributed by atoms with van der Waals surface area (Å²) in [7, 11) is 4.80. The van der Waals surface area contributed by atoms with Crippen LogP contribution in [0.25, 0.3) is 56.5 Å². The topological polar surface area (TPSA) is 243 Å². The predicted molar refractivity (Wildman–Crippen MR) is 359 cm³/mol. The average molecular weight is 1310 g/mol. The molecular formula is C69H86N10O12S2. The molecule has 22 nitrogen and oxygen atoms in total. The highest BCUT2D eigenvalue weighted by Gasteiger charge is 2.39. The van der Waals surface area contributed by atoms with Crippen molar-refractivity contribution in [3.05, 3.63) is 117 Å². The zero-order valence-electron chi connectivity index (χ0n) is 55.1. The molecule has 2 saturated heterocycles. The van der Waals surface area contributed by atoms with Gasteiger partial charge in [0.15, 0.2) is 0 Å². The molecule has 24 heteroatoms. The zero-order chi connectivity index (χ0) is 66.6. The van der Waals surface area contributed by atoms with Gasteiger partial charge in [-0.1, -0.05) is 50.7 Å². The van der Waals surface area contributed by atoms with Crippen molar-refractivity contribution in [3.8, 4) is 34.0 Å². The van der Waals surface area contributed by atoms with E-state index in [1.807, 2.05) is 73.6 Å². The Balaban J connectivity index is 0.000000191. The summed E-state index contributed by atoms with van der Waals surface area (Å²) < 4.78 is 77.0. The predicted octanol–water partition coefficient (Wildman–Crippen LogP) is 9.10. The maximum absolute atomic E-state index is 14.1. The summed E-state index contributed by atoms with van der Waals surface area (Å²) in [6.45, 7) is 8.00. The van der Waals surface area contributed by atoms with E-state index in [1.54, 1.807) is 64.2 Å². The van der Waals surface area contributed by atoms with Crippen LogP contribution in [-0.4, -0.2) is 179 Å². The van der Waals surface area contributed by atoms with Crippen molar-refractivity contribution in [1.29, 1.82) is 0 Å². The highest BCUT2D eigenvalue weighted by atomic mass is 32.2. The van der Waals surface area contributed by atoms with E-state index in [2.05, 4.69) is 34.9 Å². The summed E-state index contributed by atoms with van der Waals surface area (Å²) >= 11 is 0. The number of hydrogen-bond acceptors (Lipinski definition) is 13. The number of carbonyl (C=O) groups excluding carboxylic acids is 5. The summed E-state index contributed by atoms with van der Waals surface area (Å²) in [6.07, 6.45) is 14.5. The Morgan fingerprint density at radius 3 is 1.32 bits per heavy atom. The van der Waals surface area contributed by atoms with Gasteiger partial charge < -0.3 is 43.4 Å². The van der Waals surface area contributed by atoms with Crippen LogP contribution in [0.15, 0.2) is 83.9 Å². The fourth-order valence-corrected chi connectivity index (χ4v) is 14.8. The van der Waals surface area contributed by atoms with Gasteiger partial charge in [0, 0.05) is 116 Å². The van der Waals surface area contributed by atoms with Crippen LogP contribution in [0.3, 0.4) is 0 Å². The second-order valence-electron chi connectivity index (χ2n) is 26.9. The highest BCUT2D eigenvalue weighted by Crippen LogP contribution is 2.49. The molecule has 3 N–H and O–H groups in total.